The molecule has 0 radical (unpaired) electrons. The lowest BCUT2D eigenvalue weighted by molar-refractivity contribution is -0.114. The molecule has 0 aliphatic carbocycles. The molecule has 2 heterocycles. The predicted molar refractivity (Wildman–Crippen MR) is 240 cm³/mol. The molecule has 13 nitrogen and oxygen atoms in total. The highest BCUT2D eigenvalue weighted by Crippen LogP contribution is 2.50. The van der Waals surface area contributed by atoms with Crippen LogP contribution in [-0.2, 0) is 4.79 Å². The summed E-state index contributed by atoms with van der Waals surface area (Å²) in [6.07, 6.45) is 0. The first-order valence-electron chi connectivity index (χ1n) is 18.5. The Bertz CT molecular complexity index is 2940. The Morgan fingerprint density at radius 2 is 1.10 bits per heavy atom. The highest BCUT2D eigenvalue weighted by Gasteiger charge is 2.35. The Labute approximate surface area is 368 Å². The van der Waals surface area contributed by atoms with Gasteiger partial charge in [0, 0.05) is 51.0 Å². The van der Waals surface area contributed by atoms with Gasteiger partial charge in [-0.1, -0.05) is 48.5 Å². The molecule has 8 rings (SSSR count). The largest absolute Gasteiger partial charge is 0.493 e. The number of hydrogen-bond acceptors (Lipinski definition) is 12. The molecule has 15 heteroatoms. The number of benzene rings is 6. The van der Waals surface area contributed by atoms with Gasteiger partial charge in [-0.25, -0.2) is 0 Å². The summed E-state index contributed by atoms with van der Waals surface area (Å²) >= 11 is 7.06. The van der Waals surface area contributed by atoms with E-state index in [1.165, 1.54) is 6.92 Å². The molecule has 0 saturated carbocycles. The number of nitriles is 2. The molecular formula is C46H38Br2N6O7. The monoisotopic (exact) mass is 944 g/mol. The van der Waals surface area contributed by atoms with E-state index in [0.717, 1.165) is 43.8 Å². The molecule has 0 aromatic heterocycles. The van der Waals surface area contributed by atoms with Crippen molar-refractivity contribution in [2.24, 2.45) is 11.5 Å². The molecule has 6 aromatic carbocycles. The van der Waals surface area contributed by atoms with E-state index >= 15 is 0 Å². The SMILES string of the molecule is COc1cc(C2C(C#N)=C(N)Oc3c2ccc2c(N)cccc32)cc(Br)c1OC.COc1cc(C2C(C#N)=C(N)Oc3c2ccc2c(NC(C)=O)cccc32)cc(Br)c1OC. The minimum absolute atomic E-state index is 0.0355. The number of hydrogen-bond donors (Lipinski definition) is 4. The highest BCUT2D eigenvalue weighted by molar-refractivity contribution is 9.11. The van der Waals surface area contributed by atoms with Crippen molar-refractivity contribution >= 4 is 70.7 Å². The number of fused-ring (bicyclic) bond motifs is 6. The van der Waals surface area contributed by atoms with E-state index < -0.39 is 11.8 Å². The Hall–Kier alpha value is -7.07. The molecule has 0 spiro atoms. The number of carbonyl (C=O) groups excluding carboxylic acids is 1. The van der Waals surface area contributed by atoms with E-state index in [1.54, 1.807) is 28.4 Å². The number of methoxy groups -OCH3 is 4. The fourth-order valence-electron chi connectivity index (χ4n) is 7.77. The van der Waals surface area contributed by atoms with Gasteiger partial charge in [-0.2, -0.15) is 10.5 Å². The van der Waals surface area contributed by atoms with E-state index in [1.807, 2.05) is 84.9 Å². The number of halogens is 2. The minimum atomic E-state index is -0.478. The van der Waals surface area contributed by atoms with Gasteiger partial charge in [0.1, 0.15) is 34.8 Å². The molecule has 2 aliphatic rings. The lowest BCUT2D eigenvalue weighted by atomic mass is 9.82. The maximum atomic E-state index is 11.6. The molecule has 2 aliphatic heterocycles. The van der Waals surface area contributed by atoms with Crippen molar-refractivity contribution in [1.82, 2.24) is 0 Å². The van der Waals surface area contributed by atoms with Crippen molar-refractivity contribution in [1.29, 1.82) is 10.5 Å². The van der Waals surface area contributed by atoms with Crippen LogP contribution < -0.4 is 50.9 Å². The van der Waals surface area contributed by atoms with Gasteiger partial charge in [0.2, 0.25) is 17.7 Å². The van der Waals surface area contributed by atoms with Crippen molar-refractivity contribution in [2.75, 3.05) is 39.5 Å². The average molecular weight is 947 g/mol. The average Bonchev–Trinajstić information content (AvgIpc) is 3.25. The number of rotatable bonds is 7. The standard InChI is InChI=1S/C24H20BrN3O4.C22H18BrN3O3/c1-12(29)28-19-6-4-5-15-14(19)7-8-16-21(17(11-26)24(27)32-22(15)16)13-9-18(25)23(31-3)20(10-13)30-2;1-27-18-9-11(8-16(23)21(18)28-2)19-14-7-6-12-13(4-3-5-17(12)25)20(14)29-22(26)15(19)10-24/h4-10,21H,27H2,1-3H3,(H,28,29);3-9,19H,25-26H2,1-2H3. The summed E-state index contributed by atoms with van der Waals surface area (Å²) in [5.41, 5.74) is 23.7. The first-order valence-corrected chi connectivity index (χ1v) is 20.1. The quantitative estimate of drug-likeness (QED) is 0.110. The lowest BCUT2D eigenvalue weighted by Gasteiger charge is -2.28. The fourth-order valence-corrected chi connectivity index (χ4v) is 9.01. The van der Waals surface area contributed by atoms with E-state index in [4.69, 9.17) is 45.6 Å². The molecule has 308 valence electrons. The molecule has 2 unspecified atom stereocenters. The van der Waals surface area contributed by atoms with Crippen molar-refractivity contribution in [3.05, 3.63) is 139 Å². The summed E-state index contributed by atoms with van der Waals surface area (Å²) < 4.78 is 35.1. The molecule has 61 heavy (non-hydrogen) atoms. The molecular weight excluding hydrogens is 908 g/mol. The Morgan fingerprint density at radius 1 is 0.639 bits per heavy atom. The third kappa shape index (κ3) is 7.54. The van der Waals surface area contributed by atoms with Crippen LogP contribution in [0.5, 0.6) is 34.5 Å². The topological polar surface area (TPSA) is 210 Å². The number of nitrogens with zero attached hydrogens (tertiary/aromatic N) is 2. The lowest BCUT2D eigenvalue weighted by Crippen LogP contribution is -2.21. The number of allylic oxidation sites excluding steroid dienone is 2. The van der Waals surface area contributed by atoms with Crippen molar-refractivity contribution in [2.45, 2.75) is 18.8 Å². The third-order valence-corrected chi connectivity index (χ3v) is 11.6. The van der Waals surface area contributed by atoms with Gasteiger partial charge in [0.05, 0.1) is 49.2 Å². The van der Waals surface area contributed by atoms with E-state index in [2.05, 4.69) is 49.3 Å². The van der Waals surface area contributed by atoms with Gasteiger partial charge >= 0.3 is 0 Å². The second-order valence-corrected chi connectivity index (χ2v) is 15.5. The summed E-state index contributed by atoms with van der Waals surface area (Å²) in [5, 5.41) is 25.8. The summed E-state index contributed by atoms with van der Waals surface area (Å²) in [6.45, 7) is 1.46. The van der Waals surface area contributed by atoms with E-state index in [0.29, 0.717) is 66.0 Å². The Morgan fingerprint density at radius 3 is 1.54 bits per heavy atom. The van der Waals surface area contributed by atoms with Crippen molar-refractivity contribution in [3.63, 3.8) is 0 Å². The van der Waals surface area contributed by atoms with Crippen LogP contribution >= 0.6 is 31.9 Å². The van der Waals surface area contributed by atoms with Crippen LogP contribution in [0, 0.1) is 22.7 Å². The molecule has 0 fully saturated rings. The maximum Gasteiger partial charge on any atom is 0.221 e. The molecule has 2 atom stereocenters. The van der Waals surface area contributed by atoms with Crippen LogP contribution in [-0.4, -0.2) is 34.3 Å². The van der Waals surface area contributed by atoms with Gasteiger partial charge in [0.15, 0.2) is 23.0 Å². The van der Waals surface area contributed by atoms with Crippen LogP contribution in [0.25, 0.3) is 21.5 Å². The summed E-state index contributed by atoms with van der Waals surface area (Å²) in [6, 6.07) is 30.7. The number of ether oxygens (including phenoxy) is 6. The zero-order chi connectivity index (χ0) is 43.7. The molecule has 0 saturated heterocycles. The highest BCUT2D eigenvalue weighted by atomic mass is 79.9. The maximum absolute atomic E-state index is 11.6. The van der Waals surface area contributed by atoms with Gasteiger partial charge < -0.3 is 50.9 Å². The van der Waals surface area contributed by atoms with Crippen molar-refractivity contribution in [3.8, 4) is 46.6 Å². The smallest absolute Gasteiger partial charge is 0.221 e. The zero-order valence-electron chi connectivity index (χ0n) is 33.5. The third-order valence-electron chi connectivity index (χ3n) is 10.4. The van der Waals surface area contributed by atoms with Gasteiger partial charge in [-0.05, 0) is 79.4 Å². The molecule has 6 aromatic rings. The van der Waals surface area contributed by atoms with Crippen LogP contribution in [0.4, 0.5) is 11.4 Å². The Balaban J connectivity index is 0.000000185. The number of anilines is 2. The zero-order valence-corrected chi connectivity index (χ0v) is 36.6. The second kappa shape index (κ2) is 17.3. The fraction of sp³-hybridized carbons (Fsp3) is 0.152. The number of amides is 1. The summed E-state index contributed by atoms with van der Waals surface area (Å²) in [7, 11) is 6.25. The van der Waals surface area contributed by atoms with E-state index in [-0.39, 0.29) is 17.7 Å². The molecule has 0 bridgehead atoms. The first-order chi connectivity index (χ1) is 29.4. The van der Waals surface area contributed by atoms with Gasteiger partial charge in [-0.15, -0.1) is 0 Å². The summed E-state index contributed by atoms with van der Waals surface area (Å²) in [5.74, 6) is 2.38. The summed E-state index contributed by atoms with van der Waals surface area (Å²) in [4.78, 5) is 11.6. The molecule has 1 amide bonds. The second-order valence-electron chi connectivity index (χ2n) is 13.8. The predicted octanol–water partition coefficient (Wildman–Crippen LogP) is 9.22. The van der Waals surface area contributed by atoms with Crippen LogP contribution in [0.1, 0.15) is 41.0 Å². The number of carbonyl (C=O) groups is 1. The van der Waals surface area contributed by atoms with Gasteiger partial charge in [-0.3, -0.25) is 4.79 Å². The van der Waals surface area contributed by atoms with Gasteiger partial charge in [0.25, 0.3) is 0 Å². The number of nitrogens with one attached hydrogen (secondary N) is 1. The minimum Gasteiger partial charge on any atom is -0.493 e. The molecule has 7 N–H and O–H groups in total. The first kappa shape index (κ1) is 42.1. The van der Waals surface area contributed by atoms with E-state index in [9.17, 15) is 15.3 Å². The van der Waals surface area contributed by atoms with Crippen LogP contribution in [0.2, 0.25) is 0 Å². The normalized spacial score (nSPS) is 15.2. The number of nitrogen functional groups attached to an aromatic ring is 1. The van der Waals surface area contributed by atoms with Crippen LogP contribution in [0.3, 0.4) is 0 Å². The number of nitrogens with two attached hydrogens (primary N) is 3. The van der Waals surface area contributed by atoms with Crippen molar-refractivity contribution < 1.29 is 33.2 Å². The Kier molecular flexibility index (Phi) is 11.9. The van der Waals surface area contributed by atoms with Crippen LogP contribution in [0.15, 0.2) is 117 Å².